The second-order valence-corrected chi connectivity index (χ2v) is 9.97. The monoisotopic (exact) mass is 467 g/mol. The van der Waals surface area contributed by atoms with Gasteiger partial charge in [0, 0.05) is 36.2 Å². The molecule has 172 valence electrons. The maximum absolute atomic E-state index is 13.1. The van der Waals surface area contributed by atoms with Crippen LogP contribution in [0.4, 0.5) is 0 Å². The van der Waals surface area contributed by atoms with Crippen LogP contribution < -0.4 is 14.6 Å². The van der Waals surface area contributed by atoms with Crippen LogP contribution in [-0.2, 0) is 22.2 Å². The molecule has 0 bridgehead atoms. The van der Waals surface area contributed by atoms with Crippen LogP contribution in [0.25, 0.3) is 11.3 Å². The third kappa shape index (κ3) is 4.39. The minimum Gasteiger partial charge on any atom is -0.492 e. The topological polar surface area (TPSA) is 115 Å². The Balaban J connectivity index is 1.28. The summed E-state index contributed by atoms with van der Waals surface area (Å²) in [5, 5.41) is 5.05. The van der Waals surface area contributed by atoms with Crippen LogP contribution in [0, 0.1) is 0 Å². The molecule has 3 aromatic rings. The second-order valence-electron chi connectivity index (χ2n) is 8.59. The smallest absolute Gasteiger partial charge is 0.289 e. The van der Waals surface area contributed by atoms with Crippen LogP contribution >= 0.6 is 0 Å². The van der Waals surface area contributed by atoms with E-state index in [2.05, 4.69) is 4.72 Å². The summed E-state index contributed by atoms with van der Waals surface area (Å²) in [5.41, 5.74) is 2.62. The number of carbonyl (C=O) groups is 1. The lowest BCUT2D eigenvalue weighted by molar-refractivity contribution is 0.0616. The normalized spacial score (nSPS) is 17.1. The fourth-order valence-electron chi connectivity index (χ4n) is 4.62. The number of nitrogens with zero attached hydrogens (tertiary/aromatic N) is 1. The number of nitrogens with two attached hydrogens (primary N) is 1. The van der Waals surface area contributed by atoms with Gasteiger partial charge in [-0.3, -0.25) is 4.79 Å². The molecule has 1 saturated heterocycles. The molecule has 0 unspecified atom stereocenters. The number of furan rings is 1. The third-order valence-electron chi connectivity index (χ3n) is 6.48. The molecular weight excluding hydrogens is 442 g/mol. The Hall–Kier alpha value is -3.14. The summed E-state index contributed by atoms with van der Waals surface area (Å²) in [4.78, 5) is 14.9. The molecule has 0 radical (unpaired) electrons. The van der Waals surface area contributed by atoms with Crippen molar-refractivity contribution in [3.05, 3.63) is 77.6 Å². The van der Waals surface area contributed by atoms with E-state index < -0.39 is 10.2 Å². The van der Waals surface area contributed by atoms with Gasteiger partial charge in [0.15, 0.2) is 5.76 Å². The molecule has 1 fully saturated rings. The van der Waals surface area contributed by atoms with E-state index in [1.165, 1.54) is 0 Å². The molecule has 2 aromatic carbocycles. The average molecular weight is 468 g/mol. The van der Waals surface area contributed by atoms with Crippen LogP contribution in [-0.4, -0.2) is 38.9 Å². The first-order chi connectivity index (χ1) is 15.8. The summed E-state index contributed by atoms with van der Waals surface area (Å²) < 4.78 is 36.6. The molecule has 0 saturated carbocycles. The summed E-state index contributed by atoms with van der Waals surface area (Å²) >= 11 is 0. The van der Waals surface area contributed by atoms with Gasteiger partial charge in [0.05, 0.1) is 6.61 Å². The Morgan fingerprint density at radius 2 is 1.82 bits per heavy atom. The Bertz CT molecular complexity index is 1280. The lowest BCUT2D eigenvalue weighted by Gasteiger charge is -2.38. The van der Waals surface area contributed by atoms with Crippen LogP contribution in [0.1, 0.15) is 34.5 Å². The van der Waals surface area contributed by atoms with Crippen molar-refractivity contribution in [3.63, 3.8) is 0 Å². The van der Waals surface area contributed by atoms with E-state index in [0.29, 0.717) is 31.2 Å². The first kappa shape index (κ1) is 21.7. The number of fused-ring (bicyclic) bond motifs is 2. The molecule has 2 aliphatic rings. The number of carbonyl (C=O) groups excluding carboxylic acids is 1. The van der Waals surface area contributed by atoms with Gasteiger partial charge in [-0.2, -0.15) is 13.1 Å². The molecule has 3 N–H and O–H groups in total. The van der Waals surface area contributed by atoms with Gasteiger partial charge >= 0.3 is 0 Å². The molecule has 3 heterocycles. The van der Waals surface area contributed by atoms with Crippen molar-refractivity contribution < 1.29 is 22.4 Å². The van der Waals surface area contributed by atoms with Gasteiger partial charge in [0.25, 0.3) is 16.1 Å². The molecule has 1 aromatic heterocycles. The fraction of sp³-hybridized carbons (Fsp3) is 0.292. The highest BCUT2D eigenvalue weighted by Gasteiger charge is 2.44. The molecule has 8 nitrogen and oxygen atoms in total. The Kier molecular flexibility index (Phi) is 5.48. The summed E-state index contributed by atoms with van der Waals surface area (Å²) in [6.07, 6.45) is 1.51. The van der Waals surface area contributed by atoms with E-state index >= 15 is 0 Å². The highest BCUT2D eigenvalue weighted by molar-refractivity contribution is 7.87. The molecule has 33 heavy (non-hydrogen) atoms. The van der Waals surface area contributed by atoms with Crippen LogP contribution in [0.3, 0.4) is 0 Å². The lowest BCUT2D eigenvalue weighted by atomic mass is 9.74. The van der Waals surface area contributed by atoms with Gasteiger partial charge in [-0.05, 0) is 36.6 Å². The number of rotatable bonds is 5. The second kappa shape index (κ2) is 8.33. The van der Waals surface area contributed by atoms with E-state index in [9.17, 15) is 13.2 Å². The first-order valence-corrected chi connectivity index (χ1v) is 12.4. The number of amides is 1. The zero-order valence-corrected chi connectivity index (χ0v) is 18.8. The zero-order chi connectivity index (χ0) is 23.1. The maximum atomic E-state index is 13.1. The third-order valence-corrected chi connectivity index (χ3v) is 7.03. The van der Waals surface area contributed by atoms with Gasteiger partial charge in [0.2, 0.25) is 0 Å². The molecule has 1 spiro atoms. The van der Waals surface area contributed by atoms with Gasteiger partial charge in [-0.15, -0.1) is 0 Å². The minimum absolute atomic E-state index is 0.114. The predicted molar refractivity (Wildman–Crippen MR) is 123 cm³/mol. The average Bonchev–Trinajstić information content (AvgIpc) is 3.44. The Morgan fingerprint density at radius 3 is 2.55 bits per heavy atom. The highest BCUT2D eigenvalue weighted by Crippen LogP contribution is 2.46. The number of benzene rings is 2. The van der Waals surface area contributed by atoms with Crippen LogP contribution in [0.2, 0.25) is 0 Å². The van der Waals surface area contributed by atoms with Gasteiger partial charge < -0.3 is 14.1 Å². The van der Waals surface area contributed by atoms with Crippen molar-refractivity contribution >= 4 is 16.1 Å². The van der Waals surface area contributed by atoms with Crippen molar-refractivity contribution in [3.8, 4) is 17.1 Å². The highest BCUT2D eigenvalue weighted by atomic mass is 32.2. The lowest BCUT2D eigenvalue weighted by Crippen LogP contribution is -2.46. The zero-order valence-electron chi connectivity index (χ0n) is 18.0. The van der Waals surface area contributed by atoms with Crippen molar-refractivity contribution in [2.75, 3.05) is 19.7 Å². The van der Waals surface area contributed by atoms with Crippen LogP contribution in [0.15, 0.2) is 65.1 Å². The predicted octanol–water partition coefficient (Wildman–Crippen LogP) is 2.81. The number of piperidine rings is 1. The quantitative estimate of drug-likeness (QED) is 0.599. The SMILES string of the molecule is NS(=O)(=O)NCc1ccc2c(c1)C1(CCN(C(=O)c3ccc(-c4ccccc4)o3)CC1)CO2. The molecular formula is C24H25N3O5S. The van der Waals surface area contributed by atoms with Crippen molar-refractivity contribution in [1.82, 2.24) is 9.62 Å². The number of ether oxygens (including phenoxy) is 1. The first-order valence-electron chi connectivity index (χ1n) is 10.8. The van der Waals surface area contributed by atoms with Crippen molar-refractivity contribution in [2.45, 2.75) is 24.8 Å². The number of hydrogen-bond acceptors (Lipinski definition) is 5. The van der Waals surface area contributed by atoms with Gasteiger partial charge in [-0.1, -0.05) is 42.5 Å². The number of nitrogens with one attached hydrogen (secondary N) is 1. The molecule has 0 aliphatic carbocycles. The van der Waals surface area contributed by atoms with Crippen LogP contribution in [0.5, 0.6) is 5.75 Å². The Morgan fingerprint density at radius 1 is 1.06 bits per heavy atom. The van der Waals surface area contributed by atoms with E-state index in [1.54, 1.807) is 6.07 Å². The molecule has 0 atom stereocenters. The molecule has 1 amide bonds. The summed E-state index contributed by atoms with van der Waals surface area (Å²) in [6.45, 7) is 1.84. The molecule has 5 rings (SSSR count). The number of likely N-dealkylation sites (tertiary alicyclic amines) is 1. The van der Waals surface area contributed by atoms with Gasteiger partial charge in [0.1, 0.15) is 11.5 Å². The Labute approximate surface area is 192 Å². The molecule has 2 aliphatic heterocycles. The summed E-state index contributed by atoms with van der Waals surface area (Å²) in [6, 6.07) is 18.9. The van der Waals surface area contributed by atoms with Gasteiger partial charge in [-0.25, -0.2) is 5.14 Å². The maximum Gasteiger partial charge on any atom is 0.289 e. The van der Waals surface area contributed by atoms with Crippen molar-refractivity contribution in [2.24, 2.45) is 5.14 Å². The summed E-state index contributed by atoms with van der Waals surface area (Å²) in [5.74, 6) is 1.71. The van der Waals surface area contributed by atoms with E-state index in [4.69, 9.17) is 14.3 Å². The van der Waals surface area contributed by atoms with Crippen molar-refractivity contribution in [1.29, 1.82) is 0 Å². The minimum atomic E-state index is -3.76. The number of hydrogen-bond donors (Lipinski definition) is 2. The van der Waals surface area contributed by atoms with E-state index in [0.717, 1.165) is 35.3 Å². The fourth-order valence-corrected chi connectivity index (χ4v) is 4.99. The molecule has 9 heteroatoms. The standard InChI is InChI=1S/C24H25N3O5S/c25-33(29,30)26-15-17-6-7-21-19(14-17)24(16-31-21)10-12-27(13-11-24)23(28)22-9-8-20(32-22)18-4-2-1-3-5-18/h1-9,14,26H,10-13,15-16H2,(H2,25,29,30). The van der Waals surface area contributed by atoms with E-state index in [1.807, 2.05) is 59.5 Å². The summed E-state index contributed by atoms with van der Waals surface area (Å²) in [7, 11) is -3.76. The largest absolute Gasteiger partial charge is 0.492 e. The van der Waals surface area contributed by atoms with E-state index in [-0.39, 0.29) is 17.9 Å².